The van der Waals surface area contributed by atoms with Crippen molar-refractivity contribution in [1.82, 2.24) is 9.88 Å². The smallest absolute Gasteiger partial charge is 0.234 e. The van der Waals surface area contributed by atoms with Gasteiger partial charge in [-0.1, -0.05) is 36.4 Å². The highest BCUT2D eigenvalue weighted by atomic mass is 32.1. The fourth-order valence-electron chi connectivity index (χ4n) is 5.09. The molecule has 33 heavy (non-hydrogen) atoms. The number of amides is 1. The predicted octanol–water partition coefficient (Wildman–Crippen LogP) is 5.35. The summed E-state index contributed by atoms with van der Waals surface area (Å²) >= 11 is 1.66. The van der Waals surface area contributed by atoms with E-state index in [0.29, 0.717) is 25.7 Å². The van der Waals surface area contributed by atoms with Crippen molar-refractivity contribution < 1.29 is 14.3 Å². The SMILES string of the molecule is O=C(N1CCCC(COC2=CCCC=C2)C1)C1(c2cnc(-c3ccccc3)s2)CCOCC1. The van der Waals surface area contributed by atoms with E-state index in [1.54, 1.807) is 11.3 Å². The molecule has 0 N–H and O–H groups in total. The molecule has 3 aliphatic rings. The minimum atomic E-state index is -0.527. The van der Waals surface area contributed by atoms with Crippen LogP contribution in [0.3, 0.4) is 0 Å². The third-order valence-electron chi connectivity index (χ3n) is 7.01. The van der Waals surface area contributed by atoms with Crippen LogP contribution in [0.5, 0.6) is 0 Å². The van der Waals surface area contributed by atoms with Gasteiger partial charge >= 0.3 is 0 Å². The minimum absolute atomic E-state index is 0.246. The van der Waals surface area contributed by atoms with Gasteiger partial charge in [0.15, 0.2) is 0 Å². The quantitative estimate of drug-likeness (QED) is 0.578. The molecule has 2 fully saturated rings. The first-order valence-electron chi connectivity index (χ1n) is 12.1. The summed E-state index contributed by atoms with van der Waals surface area (Å²) in [5.41, 5.74) is 0.574. The summed E-state index contributed by atoms with van der Waals surface area (Å²) < 4.78 is 11.7. The van der Waals surface area contributed by atoms with Gasteiger partial charge in [-0.3, -0.25) is 4.79 Å². The van der Waals surface area contributed by atoms with Gasteiger partial charge in [-0.05, 0) is 50.7 Å². The molecule has 1 amide bonds. The number of hydrogen-bond acceptors (Lipinski definition) is 5. The number of aromatic nitrogens is 1. The Bertz CT molecular complexity index is 1010. The number of piperidine rings is 1. The van der Waals surface area contributed by atoms with Crippen LogP contribution in [-0.4, -0.2) is 48.7 Å². The third kappa shape index (κ3) is 4.92. The number of allylic oxidation sites excluding steroid dienone is 3. The molecule has 2 saturated heterocycles. The number of rotatable bonds is 6. The maximum Gasteiger partial charge on any atom is 0.234 e. The monoisotopic (exact) mass is 464 g/mol. The van der Waals surface area contributed by atoms with Crippen molar-refractivity contribution in [3.8, 4) is 10.6 Å². The van der Waals surface area contributed by atoms with E-state index >= 15 is 0 Å². The van der Waals surface area contributed by atoms with E-state index in [4.69, 9.17) is 14.5 Å². The standard InChI is InChI=1S/C27H32N2O3S/c30-26(29-15-7-8-21(19-29)20-32-23-11-5-2-6-12-23)27(13-16-31-17-14-27)24-18-28-25(33-24)22-9-3-1-4-10-22/h1,3-5,9-12,18,21H,2,6-8,13-17,19-20H2. The number of likely N-dealkylation sites (tertiary alicyclic amines) is 1. The van der Waals surface area contributed by atoms with Crippen LogP contribution in [0.2, 0.25) is 0 Å². The zero-order chi connectivity index (χ0) is 22.5. The van der Waals surface area contributed by atoms with Gasteiger partial charge in [0, 0.05) is 48.9 Å². The molecule has 1 aromatic heterocycles. The molecule has 2 aliphatic heterocycles. The topological polar surface area (TPSA) is 51.7 Å². The van der Waals surface area contributed by atoms with E-state index in [-0.39, 0.29) is 5.91 Å². The molecule has 0 bridgehead atoms. The van der Waals surface area contributed by atoms with E-state index in [0.717, 1.165) is 72.8 Å². The van der Waals surface area contributed by atoms with Gasteiger partial charge in [0.1, 0.15) is 10.8 Å². The van der Waals surface area contributed by atoms with Crippen LogP contribution >= 0.6 is 11.3 Å². The number of carbonyl (C=O) groups is 1. The molecule has 174 valence electrons. The summed E-state index contributed by atoms with van der Waals surface area (Å²) in [7, 11) is 0. The third-order valence-corrected chi connectivity index (χ3v) is 8.26. The van der Waals surface area contributed by atoms with Gasteiger partial charge in [-0.15, -0.1) is 11.3 Å². The molecule has 5 rings (SSSR count). The number of carbonyl (C=O) groups excluding carboxylic acids is 1. The van der Waals surface area contributed by atoms with Crippen molar-refractivity contribution in [3.63, 3.8) is 0 Å². The number of benzene rings is 1. The molecule has 0 saturated carbocycles. The highest BCUT2D eigenvalue weighted by Gasteiger charge is 2.46. The van der Waals surface area contributed by atoms with Crippen molar-refractivity contribution in [2.24, 2.45) is 5.92 Å². The molecule has 3 heterocycles. The van der Waals surface area contributed by atoms with Gasteiger partial charge in [0.2, 0.25) is 5.91 Å². The molecule has 0 radical (unpaired) electrons. The predicted molar refractivity (Wildman–Crippen MR) is 131 cm³/mol. The highest BCUT2D eigenvalue weighted by Crippen LogP contribution is 2.42. The van der Waals surface area contributed by atoms with Crippen LogP contribution in [-0.2, 0) is 19.7 Å². The van der Waals surface area contributed by atoms with Gasteiger partial charge in [0.25, 0.3) is 0 Å². The maximum absolute atomic E-state index is 14.1. The maximum atomic E-state index is 14.1. The Morgan fingerprint density at radius 2 is 2.06 bits per heavy atom. The first-order chi connectivity index (χ1) is 16.2. The average molecular weight is 465 g/mol. The van der Waals surface area contributed by atoms with E-state index in [9.17, 15) is 4.79 Å². The lowest BCUT2D eigenvalue weighted by Gasteiger charge is -2.41. The van der Waals surface area contributed by atoms with Crippen molar-refractivity contribution in [2.75, 3.05) is 32.9 Å². The summed E-state index contributed by atoms with van der Waals surface area (Å²) in [6.07, 6.45) is 14.0. The normalized spacial score (nSPS) is 22.6. The molecule has 1 unspecified atom stereocenters. The van der Waals surface area contributed by atoms with Crippen LogP contribution in [0, 0.1) is 5.92 Å². The summed E-state index contributed by atoms with van der Waals surface area (Å²) in [6, 6.07) is 10.2. The van der Waals surface area contributed by atoms with Crippen LogP contribution in [0.4, 0.5) is 0 Å². The molecular weight excluding hydrogens is 432 g/mol. The fraction of sp³-hybridized carbons (Fsp3) is 0.481. The van der Waals surface area contributed by atoms with Crippen molar-refractivity contribution in [1.29, 1.82) is 0 Å². The molecule has 1 atom stereocenters. The van der Waals surface area contributed by atoms with Crippen LogP contribution in [0.15, 0.2) is 60.5 Å². The van der Waals surface area contributed by atoms with E-state index in [1.807, 2.05) is 24.4 Å². The number of thiazole rings is 1. The van der Waals surface area contributed by atoms with Gasteiger partial charge in [0.05, 0.1) is 12.0 Å². The van der Waals surface area contributed by atoms with Crippen molar-refractivity contribution in [2.45, 2.75) is 43.9 Å². The Kier molecular flexibility index (Phi) is 6.93. The van der Waals surface area contributed by atoms with E-state index in [1.165, 1.54) is 0 Å². The molecule has 2 aromatic rings. The molecule has 5 nitrogen and oxygen atoms in total. The average Bonchev–Trinajstić information content (AvgIpc) is 3.40. The number of ether oxygens (including phenoxy) is 2. The van der Waals surface area contributed by atoms with Crippen molar-refractivity contribution >= 4 is 17.2 Å². The molecule has 1 aromatic carbocycles. The van der Waals surface area contributed by atoms with Crippen molar-refractivity contribution in [3.05, 3.63) is 65.4 Å². The zero-order valence-electron chi connectivity index (χ0n) is 19.1. The lowest BCUT2D eigenvalue weighted by molar-refractivity contribution is -0.143. The summed E-state index contributed by atoms with van der Waals surface area (Å²) in [4.78, 5) is 21.9. The summed E-state index contributed by atoms with van der Waals surface area (Å²) in [5.74, 6) is 1.59. The lowest BCUT2D eigenvalue weighted by Crippen LogP contribution is -2.52. The largest absolute Gasteiger partial charge is 0.494 e. The van der Waals surface area contributed by atoms with Gasteiger partial charge < -0.3 is 14.4 Å². The first kappa shape index (κ1) is 22.4. The number of hydrogen-bond donors (Lipinski definition) is 0. The van der Waals surface area contributed by atoms with Crippen LogP contribution < -0.4 is 0 Å². The summed E-state index contributed by atoms with van der Waals surface area (Å²) in [5, 5.41) is 0.975. The molecule has 1 aliphatic carbocycles. The van der Waals surface area contributed by atoms with E-state index < -0.39 is 5.41 Å². The fourth-order valence-corrected chi connectivity index (χ4v) is 6.25. The minimum Gasteiger partial charge on any atom is -0.494 e. The Labute approximate surface area is 200 Å². The Morgan fingerprint density at radius 3 is 2.85 bits per heavy atom. The van der Waals surface area contributed by atoms with Gasteiger partial charge in [-0.2, -0.15) is 0 Å². The second kappa shape index (κ2) is 10.2. The van der Waals surface area contributed by atoms with Crippen LogP contribution in [0.1, 0.15) is 43.4 Å². The Balaban J connectivity index is 1.32. The van der Waals surface area contributed by atoms with Gasteiger partial charge in [-0.25, -0.2) is 4.98 Å². The molecule has 0 spiro atoms. The second-order valence-electron chi connectivity index (χ2n) is 9.25. The second-order valence-corrected chi connectivity index (χ2v) is 10.3. The van der Waals surface area contributed by atoms with Crippen LogP contribution in [0.25, 0.3) is 10.6 Å². The Morgan fingerprint density at radius 1 is 1.21 bits per heavy atom. The lowest BCUT2D eigenvalue weighted by atomic mass is 9.77. The summed E-state index contributed by atoms with van der Waals surface area (Å²) in [6.45, 7) is 3.50. The number of nitrogens with zero attached hydrogens (tertiary/aromatic N) is 2. The first-order valence-corrected chi connectivity index (χ1v) is 12.9. The molecule has 6 heteroatoms. The Hall–Kier alpha value is -2.44. The zero-order valence-corrected chi connectivity index (χ0v) is 19.9. The highest BCUT2D eigenvalue weighted by molar-refractivity contribution is 7.15. The van der Waals surface area contributed by atoms with E-state index in [2.05, 4.69) is 35.3 Å². The molecular formula is C27H32N2O3S.